The van der Waals surface area contributed by atoms with Crippen molar-refractivity contribution >= 4 is 41.4 Å². The predicted molar refractivity (Wildman–Crippen MR) is 123 cm³/mol. The van der Waals surface area contributed by atoms with Crippen LogP contribution in [0.5, 0.6) is 0 Å². The van der Waals surface area contributed by atoms with Gasteiger partial charge in [-0.25, -0.2) is 0 Å². The minimum absolute atomic E-state index is 0.00465. The van der Waals surface area contributed by atoms with Crippen molar-refractivity contribution in [2.75, 3.05) is 33.2 Å². The molecule has 0 aromatic rings. The van der Waals surface area contributed by atoms with Gasteiger partial charge in [0.2, 0.25) is 41.4 Å². The number of rotatable bonds is 4. The molecular weight excluding hydrogens is 462 g/mol. The predicted octanol–water partition coefficient (Wildman–Crippen LogP) is -3.52. The normalized spacial score (nSPS) is 23.2. The topological polar surface area (TPSA) is 209 Å². The first-order valence-electron chi connectivity index (χ1n) is 11.4. The molecule has 0 radical (unpaired) electrons. The zero-order valence-electron chi connectivity index (χ0n) is 20.3. The molecule has 0 bridgehead atoms. The fourth-order valence-corrected chi connectivity index (χ4v) is 3.33. The Kier molecular flexibility index (Phi) is 12.2. The van der Waals surface area contributed by atoms with Crippen LogP contribution in [0.1, 0.15) is 39.5 Å². The van der Waals surface area contributed by atoms with E-state index in [1.54, 1.807) is 6.92 Å². The van der Waals surface area contributed by atoms with Gasteiger partial charge in [-0.2, -0.15) is 0 Å². The summed E-state index contributed by atoms with van der Waals surface area (Å²) in [7, 11) is 1.41. The van der Waals surface area contributed by atoms with E-state index in [2.05, 4.69) is 26.6 Å². The first-order chi connectivity index (χ1) is 16.5. The lowest BCUT2D eigenvalue weighted by Crippen LogP contribution is -2.55. The Bertz CT molecular complexity index is 833. The van der Waals surface area contributed by atoms with Gasteiger partial charge in [0.05, 0.1) is 26.1 Å². The largest absolute Gasteiger partial charge is 0.370 e. The molecule has 1 heterocycles. The van der Waals surface area contributed by atoms with Crippen LogP contribution in [0.25, 0.3) is 0 Å². The molecule has 1 fully saturated rings. The average molecular weight is 498 g/mol. The lowest BCUT2D eigenvalue weighted by Gasteiger charge is -2.31. The summed E-state index contributed by atoms with van der Waals surface area (Å²) in [6.45, 7) is 2.42. The Morgan fingerprint density at radius 1 is 0.943 bits per heavy atom. The highest BCUT2D eigenvalue weighted by atomic mass is 16.2. The third-order valence-corrected chi connectivity index (χ3v) is 5.51. The maximum absolute atomic E-state index is 12.8. The van der Waals surface area contributed by atoms with Crippen molar-refractivity contribution in [2.45, 2.75) is 51.6 Å². The van der Waals surface area contributed by atoms with E-state index < -0.39 is 66.4 Å². The van der Waals surface area contributed by atoms with Gasteiger partial charge >= 0.3 is 0 Å². The highest BCUT2D eigenvalue weighted by molar-refractivity contribution is 5.95. The van der Waals surface area contributed by atoms with E-state index in [0.29, 0.717) is 6.42 Å². The quantitative estimate of drug-likeness (QED) is 0.230. The van der Waals surface area contributed by atoms with Crippen LogP contribution in [0.3, 0.4) is 0 Å². The van der Waals surface area contributed by atoms with E-state index in [9.17, 15) is 33.6 Å². The zero-order chi connectivity index (χ0) is 26.5. The molecule has 0 aromatic carbocycles. The average Bonchev–Trinajstić information content (AvgIpc) is 2.80. The lowest BCUT2D eigenvalue weighted by atomic mass is 9.97. The molecule has 3 unspecified atom stereocenters. The van der Waals surface area contributed by atoms with Crippen molar-refractivity contribution in [1.82, 2.24) is 31.5 Å². The van der Waals surface area contributed by atoms with Gasteiger partial charge in [0, 0.05) is 20.0 Å². The molecule has 1 rings (SSSR count). The van der Waals surface area contributed by atoms with Gasteiger partial charge in [-0.1, -0.05) is 20.3 Å². The van der Waals surface area contributed by atoms with Gasteiger partial charge in [-0.05, 0) is 12.3 Å². The van der Waals surface area contributed by atoms with Crippen LogP contribution in [0.2, 0.25) is 0 Å². The molecule has 0 aliphatic carbocycles. The number of carbonyl (C=O) groups excluding carboxylic acids is 7. The summed E-state index contributed by atoms with van der Waals surface area (Å²) in [5.74, 6) is -4.69. The van der Waals surface area contributed by atoms with Gasteiger partial charge in [0.15, 0.2) is 0 Å². The molecule has 0 saturated carbocycles. The fraction of sp³-hybridized carbons (Fsp3) is 0.667. The maximum atomic E-state index is 12.8. The Morgan fingerprint density at radius 3 is 2.20 bits per heavy atom. The molecule has 196 valence electrons. The molecule has 0 aromatic heterocycles. The standard InChI is InChI=1S/C21H35N7O7/c1-4-12(2)19-21(35)26-10-17(32)27-13(8-14(22)29)20(34)23-7-5-6-15(30)24-9-16(31)25-11-18(33)28(19)3/h12-13,19H,4-11H2,1-3H3,(H2,22,29)(H,23,34)(H,24,30)(H,25,31)(H,26,35)(H,27,32). The first kappa shape index (κ1) is 29.3. The number of nitrogens with one attached hydrogen (secondary N) is 5. The van der Waals surface area contributed by atoms with Crippen LogP contribution in [0.4, 0.5) is 0 Å². The number of hydrogen-bond acceptors (Lipinski definition) is 7. The fourth-order valence-electron chi connectivity index (χ4n) is 3.33. The van der Waals surface area contributed by atoms with Gasteiger partial charge < -0.3 is 37.2 Å². The first-order valence-corrected chi connectivity index (χ1v) is 11.4. The highest BCUT2D eigenvalue weighted by Gasteiger charge is 2.32. The Morgan fingerprint density at radius 2 is 1.57 bits per heavy atom. The maximum Gasteiger partial charge on any atom is 0.243 e. The van der Waals surface area contributed by atoms with Crippen LogP contribution in [-0.2, 0) is 33.6 Å². The zero-order valence-corrected chi connectivity index (χ0v) is 20.3. The van der Waals surface area contributed by atoms with Gasteiger partial charge in [0.25, 0.3) is 0 Å². The third kappa shape index (κ3) is 10.4. The number of carbonyl (C=O) groups is 7. The van der Waals surface area contributed by atoms with Crippen molar-refractivity contribution in [3.8, 4) is 0 Å². The number of likely N-dealkylation sites (N-methyl/N-ethyl adjacent to an activating group) is 1. The third-order valence-electron chi connectivity index (χ3n) is 5.51. The summed E-state index contributed by atoms with van der Waals surface area (Å²) in [5, 5.41) is 12.1. The molecule has 7 N–H and O–H groups in total. The summed E-state index contributed by atoms with van der Waals surface area (Å²) < 4.78 is 0. The number of hydrogen-bond donors (Lipinski definition) is 6. The second-order valence-electron chi connectivity index (χ2n) is 8.29. The molecule has 7 amide bonds. The Labute approximate surface area is 203 Å². The molecule has 14 nitrogen and oxygen atoms in total. The highest BCUT2D eigenvalue weighted by Crippen LogP contribution is 2.14. The summed E-state index contributed by atoms with van der Waals surface area (Å²) >= 11 is 0. The summed E-state index contributed by atoms with van der Waals surface area (Å²) in [6, 6.07) is -2.21. The summed E-state index contributed by atoms with van der Waals surface area (Å²) in [4.78, 5) is 86.6. The van der Waals surface area contributed by atoms with Crippen LogP contribution >= 0.6 is 0 Å². The number of amides is 7. The minimum Gasteiger partial charge on any atom is -0.370 e. The lowest BCUT2D eigenvalue weighted by molar-refractivity contribution is -0.141. The number of nitrogens with zero attached hydrogens (tertiary/aromatic N) is 1. The molecule has 3 atom stereocenters. The molecule has 0 spiro atoms. The minimum atomic E-state index is -1.27. The second kappa shape index (κ2) is 14.5. The Hall–Kier alpha value is -3.71. The van der Waals surface area contributed by atoms with E-state index in [1.807, 2.05) is 6.92 Å². The van der Waals surface area contributed by atoms with Gasteiger partial charge in [-0.3, -0.25) is 33.6 Å². The number of nitrogens with two attached hydrogens (primary N) is 1. The van der Waals surface area contributed by atoms with Crippen molar-refractivity contribution in [2.24, 2.45) is 11.7 Å². The van der Waals surface area contributed by atoms with E-state index in [-0.39, 0.29) is 38.4 Å². The van der Waals surface area contributed by atoms with E-state index >= 15 is 0 Å². The summed E-state index contributed by atoms with van der Waals surface area (Å²) in [5.41, 5.74) is 5.17. The monoisotopic (exact) mass is 497 g/mol. The van der Waals surface area contributed by atoms with Crippen molar-refractivity contribution in [3.63, 3.8) is 0 Å². The number of primary amides is 1. The van der Waals surface area contributed by atoms with Crippen molar-refractivity contribution in [1.29, 1.82) is 0 Å². The molecule has 1 saturated heterocycles. The van der Waals surface area contributed by atoms with Crippen LogP contribution < -0.4 is 32.3 Å². The van der Waals surface area contributed by atoms with Crippen LogP contribution in [-0.4, -0.2) is 91.6 Å². The molecular formula is C21H35N7O7. The van der Waals surface area contributed by atoms with Gasteiger partial charge in [0.1, 0.15) is 12.1 Å². The molecule has 35 heavy (non-hydrogen) atoms. The van der Waals surface area contributed by atoms with E-state index in [4.69, 9.17) is 5.73 Å². The Balaban J connectivity index is 3.05. The SMILES string of the molecule is CCC(C)C1C(=O)NCC(=O)NC(CC(N)=O)C(=O)NCCCC(=O)NCC(=O)NCC(=O)N1C. The van der Waals surface area contributed by atoms with Crippen molar-refractivity contribution in [3.05, 3.63) is 0 Å². The molecule has 1 aliphatic heterocycles. The molecule has 1 aliphatic rings. The van der Waals surface area contributed by atoms with Crippen molar-refractivity contribution < 1.29 is 33.6 Å². The second-order valence-corrected chi connectivity index (χ2v) is 8.29. The molecule has 14 heteroatoms. The van der Waals surface area contributed by atoms with E-state index in [0.717, 1.165) is 0 Å². The smallest absolute Gasteiger partial charge is 0.243 e. The summed E-state index contributed by atoms with van der Waals surface area (Å²) in [6.07, 6.45) is 0.312. The van der Waals surface area contributed by atoms with Crippen LogP contribution in [0.15, 0.2) is 0 Å². The van der Waals surface area contributed by atoms with Gasteiger partial charge in [-0.15, -0.1) is 0 Å². The van der Waals surface area contributed by atoms with E-state index in [1.165, 1.54) is 11.9 Å². The van der Waals surface area contributed by atoms with Crippen LogP contribution in [0, 0.1) is 5.92 Å².